The molecule has 23 heavy (non-hydrogen) atoms. The molecule has 0 N–H and O–H groups in total. The topological polar surface area (TPSA) is 96.0 Å². The van der Waals surface area contributed by atoms with Crippen molar-refractivity contribution < 1.29 is 8.42 Å². The summed E-state index contributed by atoms with van der Waals surface area (Å²) in [5.74, 6) is 0. The van der Waals surface area contributed by atoms with E-state index in [1.54, 1.807) is 0 Å². The summed E-state index contributed by atoms with van der Waals surface area (Å²) in [6.07, 6.45) is 1.01. The molecule has 0 aliphatic carbocycles. The van der Waals surface area contributed by atoms with Crippen molar-refractivity contribution in [3.63, 3.8) is 0 Å². The third kappa shape index (κ3) is 2.43. The molecule has 0 radical (unpaired) electrons. The van der Waals surface area contributed by atoms with Crippen LogP contribution in [-0.4, -0.2) is 33.4 Å². The van der Waals surface area contributed by atoms with Gasteiger partial charge in [-0.15, -0.1) is 11.3 Å². The molecule has 0 fully saturated rings. The third-order valence-corrected chi connectivity index (χ3v) is 5.43. The van der Waals surface area contributed by atoms with Crippen molar-refractivity contribution in [3.8, 4) is 0 Å². The Kier molecular flexibility index (Phi) is 3.52. The Labute approximate surface area is 135 Å². The molecule has 0 spiro atoms. The number of aryl methyl sites for hydroxylation is 1. The van der Waals surface area contributed by atoms with Gasteiger partial charge < -0.3 is 4.57 Å². The Balaban J connectivity index is 2.44. The van der Waals surface area contributed by atoms with Crippen LogP contribution in [-0.2, 0) is 30.5 Å². The summed E-state index contributed by atoms with van der Waals surface area (Å²) in [5.41, 5.74) is -0.940. The molecule has 0 saturated carbocycles. The highest BCUT2D eigenvalue weighted by atomic mass is 32.2. The maximum atomic E-state index is 12.4. The Hall–Kier alpha value is -2.20. The number of hydrogen-bond acceptors (Lipinski definition) is 6. The van der Waals surface area contributed by atoms with Crippen LogP contribution in [0, 0.1) is 0 Å². The van der Waals surface area contributed by atoms with E-state index in [0.29, 0.717) is 0 Å². The van der Waals surface area contributed by atoms with Crippen LogP contribution < -0.4 is 11.2 Å². The van der Waals surface area contributed by atoms with E-state index in [1.165, 1.54) is 34.6 Å². The Morgan fingerprint density at radius 2 is 1.91 bits per heavy atom. The summed E-state index contributed by atoms with van der Waals surface area (Å²) in [6.45, 7) is 0.224. The van der Waals surface area contributed by atoms with Crippen LogP contribution in [0.15, 0.2) is 32.3 Å². The van der Waals surface area contributed by atoms with Crippen LogP contribution in [0.25, 0.3) is 11.2 Å². The van der Waals surface area contributed by atoms with Gasteiger partial charge in [0.05, 0.1) is 6.54 Å². The van der Waals surface area contributed by atoms with Gasteiger partial charge in [-0.05, 0) is 11.4 Å². The van der Waals surface area contributed by atoms with Crippen LogP contribution in [0.2, 0.25) is 0 Å². The summed E-state index contributed by atoms with van der Waals surface area (Å²) >= 11 is 1.46. The lowest BCUT2D eigenvalue weighted by Gasteiger charge is -2.07. The van der Waals surface area contributed by atoms with Gasteiger partial charge in [0.2, 0.25) is 15.0 Å². The highest BCUT2D eigenvalue weighted by molar-refractivity contribution is 7.90. The number of aromatic nitrogens is 4. The number of nitrogens with zero attached hydrogens (tertiary/aromatic N) is 4. The van der Waals surface area contributed by atoms with Gasteiger partial charge in [0.15, 0.2) is 11.2 Å². The maximum absolute atomic E-state index is 12.4. The highest BCUT2D eigenvalue weighted by Gasteiger charge is 2.23. The number of rotatable bonds is 3. The van der Waals surface area contributed by atoms with Crippen LogP contribution in [0.1, 0.15) is 4.88 Å². The van der Waals surface area contributed by atoms with Crippen molar-refractivity contribution in [2.45, 2.75) is 11.7 Å². The molecule has 0 atom stereocenters. The molecular formula is C13H14N4O4S2. The Morgan fingerprint density at radius 3 is 2.48 bits per heavy atom. The van der Waals surface area contributed by atoms with Gasteiger partial charge >= 0.3 is 5.69 Å². The minimum Gasteiger partial charge on any atom is -0.312 e. The molecule has 10 heteroatoms. The molecule has 0 amide bonds. The molecule has 3 rings (SSSR count). The van der Waals surface area contributed by atoms with E-state index in [0.717, 1.165) is 15.7 Å². The smallest absolute Gasteiger partial charge is 0.312 e. The fraction of sp³-hybridized carbons (Fsp3) is 0.308. The van der Waals surface area contributed by atoms with Gasteiger partial charge in [0.1, 0.15) is 0 Å². The lowest BCUT2D eigenvalue weighted by Crippen LogP contribution is -2.38. The zero-order chi connectivity index (χ0) is 16.9. The minimum absolute atomic E-state index is 0.0782. The lowest BCUT2D eigenvalue weighted by atomic mass is 10.4. The van der Waals surface area contributed by atoms with Crippen LogP contribution >= 0.6 is 11.3 Å². The molecule has 0 aliphatic heterocycles. The second-order valence-corrected chi connectivity index (χ2v) is 8.15. The largest absolute Gasteiger partial charge is 0.332 e. The number of sulfone groups is 1. The van der Waals surface area contributed by atoms with E-state index in [4.69, 9.17) is 0 Å². The average Bonchev–Trinajstić information content (AvgIpc) is 3.08. The third-order valence-electron chi connectivity index (χ3n) is 3.54. The average molecular weight is 354 g/mol. The summed E-state index contributed by atoms with van der Waals surface area (Å²) in [7, 11) is -0.811. The molecule has 3 heterocycles. The molecule has 0 saturated heterocycles. The molecule has 122 valence electrons. The van der Waals surface area contributed by atoms with Gasteiger partial charge in [-0.25, -0.2) is 13.2 Å². The fourth-order valence-corrected chi connectivity index (χ4v) is 3.98. The normalized spacial score (nSPS) is 12.1. The molecule has 8 nitrogen and oxygen atoms in total. The standard InChI is InChI=1S/C13H14N4O4S2/c1-15-9-10(14-12(15)23(3,20)21)17(7-8-5-4-6-22-8)13(19)16(2)11(9)18/h4-6H,7H2,1-3H3. The molecule has 0 bridgehead atoms. The van der Waals surface area contributed by atoms with Gasteiger partial charge in [-0.2, -0.15) is 4.98 Å². The predicted molar refractivity (Wildman–Crippen MR) is 86.7 cm³/mol. The quantitative estimate of drug-likeness (QED) is 0.657. The van der Waals surface area contributed by atoms with Gasteiger partial charge in [0.25, 0.3) is 5.56 Å². The van der Waals surface area contributed by atoms with Crippen molar-refractivity contribution in [2.75, 3.05) is 6.26 Å². The van der Waals surface area contributed by atoms with Crippen LogP contribution in [0.4, 0.5) is 0 Å². The monoisotopic (exact) mass is 354 g/mol. The molecule has 0 aromatic carbocycles. The summed E-state index contributed by atoms with van der Waals surface area (Å²) in [6, 6.07) is 3.71. The first-order valence-corrected chi connectivity index (χ1v) is 9.37. The highest BCUT2D eigenvalue weighted by Crippen LogP contribution is 2.16. The zero-order valence-electron chi connectivity index (χ0n) is 12.7. The SMILES string of the molecule is Cn1c(=O)c2c(nc(S(C)(=O)=O)n2C)n(Cc2cccs2)c1=O. The van der Waals surface area contributed by atoms with Crippen molar-refractivity contribution in [1.82, 2.24) is 18.7 Å². The molecule has 0 unspecified atom stereocenters. The van der Waals surface area contributed by atoms with Gasteiger partial charge in [-0.1, -0.05) is 6.07 Å². The fourth-order valence-electron chi connectivity index (χ4n) is 2.44. The number of thiophene rings is 1. The zero-order valence-corrected chi connectivity index (χ0v) is 14.3. The summed E-state index contributed by atoms with van der Waals surface area (Å²) in [5, 5.41) is 1.63. The maximum Gasteiger partial charge on any atom is 0.332 e. The van der Waals surface area contributed by atoms with E-state index in [2.05, 4.69) is 4.98 Å². The van der Waals surface area contributed by atoms with Crippen molar-refractivity contribution in [3.05, 3.63) is 43.2 Å². The number of fused-ring (bicyclic) bond motifs is 1. The summed E-state index contributed by atoms with van der Waals surface area (Å²) < 4.78 is 27.2. The molecule has 3 aromatic rings. The van der Waals surface area contributed by atoms with Crippen molar-refractivity contribution in [2.24, 2.45) is 14.1 Å². The minimum atomic E-state index is -3.63. The first-order chi connectivity index (χ1) is 10.7. The van der Waals surface area contributed by atoms with Gasteiger partial charge in [-0.3, -0.25) is 13.9 Å². The van der Waals surface area contributed by atoms with Crippen molar-refractivity contribution in [1.29, 1.82) is 0 Å². The molecule has 3 aromatic heterocycles. The second kappa shape index (κ2) is 5.17. The van der Waals surface area contributed by atoms with Crippen LogP contribution in [0.5, 0.6) is 0 Å². The Morgan fingerprint density at radius 1 is 1.22 bits per heavy atom. The van der Waals surface area contributed by atoms with Crippen molar-refractivity contribution >= 4 is 32.3 Å². The summed E-state index contributed by atoms with van der Waals surface area (Å²) in [4.78, 5) is 29.8. The molecular weight excluding hydrogens is 340 g/mol. The number of hydrogen-bond donors (Lipinski definition) is 0. The van der Waals surface area contributed by atoms with E-state index in [-0.39, 0.29) is 22.9 Å². The molecule has 0 aliphatic rings. The second-order valence-electron chi connectivity index (χ2n) is 5.21. The van der Waals surface area contributed by atoms with E-state index in [9.17, 15) is 18.0 Å². The first kappa shape index (κ1) is 15.7. The number of imidazole rings is 1. The van der Waals surface area contributed by atoms with Crippen LogP contribution in [0.3, 0.4) is 0 Å². The van der Waals surface area contributed by atoms with E-state index < -0.39 is 21.1 Å². The Bertz CT molecular complexity index is 1120. The van der Waals surface area contributed by atoms with E-state index in [1.807, 2.05) is 17.5 Å². The lowest BCUT2D eigenvalue weighted by molar-refractivity contribution is 0.586. The van der Waals surface area contributed by atoms with Gasteiger partial charge in [0, 0.05) is 25.2 Å². The van der Waals surface area contributed by atoms with E-state index >= 15 is 0 Å². The first-order valence-electron chi connectivity index (χ1n) is 6.60. The predicted octanol–water partition coefficient (Wildman–Crippen LogP) is -0.0530.